The Morgan fingerprint density at radius 1 is 1.31 bits per heavy atom. The lowest BCUT2D eigenvalue weighted by Crippen LogP contribution is -2.22. The van der Waals surface area contributed by atoms with Gasteiger partial charge in [-0.05, 0) is 37.0 Å². The Morgan fingerprint density at radius 2 is 1.94 bits per heavy atom. The van der Waals surface area contributed by atoms with Crippen LogP contribution in [0.3, 0.4) is 0 Å². The van der Waals surface area contributed by atoms with Crippen LogP contribution < -0.4 is 4.74 Å². The summed E-state index contributed by atoms with van der Waals surface area (Å²) in [4.78, 5) is 0. The summed E-state index contributed by atoms with van der Waals surface area (Å²) in [5.74, 6) is 1.35. The molecule has 90 valence electrons. The molecule has 2 heteroatoms. The molecule has 0 heterocycles. The summed E-state index contributed by atoms with van der Waals surface area (Å²) in [5, 5.41) is 9.86. The van der Waals surface area contributed by atoms with Crippen LogP contribution in [0.15, 0.2) is 18.2 Å². The summed E-state index contributed by atoms with van der Waals surface area (Å²) in [5.41, 5.74) is 1.64. The average molecular weight is 222 g/mol. The van der Waals surface area contributed by atoms with Crippen LogP contribution in [0.2, 0.25) is 0 Å². The molecule has 0 atom stereocenters. The minimum absolute atomic E-state index is 0.492. The van der Waals surface area contributed by atoms with Gasteiger partial charge in [0.05, 0.1) is 12.7 Å². The van der Waals surface area contributed by atoms with Gasteiger partial charge in [0, 0.05) is 6.42 Å². The summed E-state index contributed by atoms with van der Waals surface area (Å²) in [7, 11) is 1.66. The highest BCUT2D eigenvalue weighted by Crippen LogP contribution is 2.27. The maximum atomic E-state index is 9.86. The van der Waals surface area contributed by atoms with E-state index in [4.69, 9.17) is 4.74 Å². The smallest absolute Gasteiger partial charge is 0.122 e. The van der Waals surface area contributed by atoms with Crippen molar-refractivity contribution in [2.45, 2.75) is 45.6 Å². The molecular formula is C14H22O2. The molecule has 0 saturated carbocycles. The van der Waals surface area contributed by atoms with Crippen LogP contribution in [0.25, 0.3) is 0 Å². The molecule has 1 rings (SSSR count). The van der Waals surface area contributed by atoms with Gasteiger partial charge in [-0.1, -0.05) is 26.0 Å². The number of hydrogen-bond acceptors (Lipinski definition) is 2. The Kier molecular flexibility index (Phi) is 3.98. The van der Waals surface area contributed by atoms with E-state index in [0.717, 1.165) is 11.3 Å². The molecule has 0 amide bonds. The van der Waals surface area contributed by atoms with E-state index < -0.39 is 5.60 Å². The molecule has 1 aromatic carbocycles. The monoisotopic (exact) mass is 222 g/mol. The zero-order chi connectivity index (χ0) is 12.3. The predicted molar refractivity (Wildman–Crippen MR) is 67.1 cm³/mol. The Balaban J connectivity index is 3.07. The van der Waals surface area contributed by atoms with E-state index >= 15 is 0 Å². The molecule has 0 aromatic heterocycles. The van der Waals surface area contributed by atoms with Crippen molar-refractivity contribution in [3.8, 4) is 5.75 Å². The van der Waals surface area contributed by atoms with Crippen molar-refractivity contribution in [1.29, 1.82) is 0 Å². The number of hydrogen-bond donors (Lipinski definition) is 1. The molecule has 0 bridgehead atoms. The summed E-state index contributed by atoms with van der Waals surface area (Å²) in [6.07, 6.45) is 0.608. The number of methoxy groups -OCH3 is 1. The van der Waals surface area contributed by atoms with Crippen LogP contribution in [-0.4, -0.2) is 17.8 Å². The fourth-order valence-corrected chi connectivity index (χ4v) is 1.76. The first-order valence-corrected chi connectivity index (χ1v) is 5.72. The quantitative estimate of drug-likeness (QED) is 0.848. The molecule has 0 aliphatic heterocycles. The molecule has 0 saturated heterocycles. The van der Waals surface area contributed by atoms with Crippen molar-refractivity contribution in [3.05, 3.63) is 29.3 Å². The highest BCUT2D eigenvalue weighted by Gasteiger charge is 2.17. The zero-order valence-corrected chi connectivity index (χ0v) is 10.9. The Hall–Kier alpha value is -1.02. The second kappa shape index (κ2) is 4.88. The third-order valence-corrected chi connectivity index (χ3v) is 2.59. The lowest BCUT2D eigenvalue weighted by molar-refractivity contribution is 0.0802. The fourth-order valence-electron chi connectivity index (χ4n) is 1.76. The number of aliphatic hydroxyl groups is 1. The van der Waals surface area contributed by atoms with Crippen molar-refractivity contribution >= 4 is 0 Å². The van der Waals surface area contributed by atoms with E-state index in [0.29, 0.717) is 12.3 Å². The van der Waals surface area contributed by atoms with Gasteiger partial charge < -0.3 is 9.84 Å². The highest BCUT2D eigenvalue weighted by atomic mass is 16.5. The summed E-state index contributed by atoms with van der Waals surface area (Å²) >= 11 is 0. The predicted octanol–water partition coefficient (Wildman–Crippen LogP) is 3.13. The van der Waals surface area contributed by atoms with Gasteiger partial charge in [0.1, 0.15) is 5.75 Å². The topological polar surface area (TPSA) is 29.5 Å². The number of benzene rings is 1. The van der Waals surface area contributed by atoms with Gasteiger partial charge >= 0.3 is 0 Å². The minimum atomic E-state index is -0.705. The first-order valence-electron chi connectivity index (χ1n) is 5.72. The van der Waals surface area contributed by atoms with Crippen molar-refractivity contribution < 1.29 is 9.84 Å². The number of ether oxygens (including phenoxy) is 1. The molecule has 0 unspecified atom stereocenters. The van der Waals surface area contributed by atoms with Gasteiger partial charge in [-0.3, -0.25) is 0 Å². The van der Waals surface area contributed by atoms with Crippen LogP contribution in [0, 0.1) is 0 Å². The second-order valence-electron chi connectivity index (χ2n) is 5.22. The molecule has 0 radical (unpaired) electrons. The molecular weight excluding hydrogens is 200 g/mol. The summed E-state index contributed by atoms with van der Waals surface area (Å²) in [6, 6.07) is 6.19. The Labute approximate surface area is 98.3 Å². The molecule has 0 aliphatic rings. The van der Waals surface area contributed by atoms with Crippen LogP contribution in [0.1, 0.15) is 44.7 Å². The van der Waals surface area contributed by atoms with E-state index in [1.807, 2.05) is 19.9 Å². The van der Waals surface area contributed by atoms with Gasteiger partial charge in [0.2, 0.25) is 0 Å². The normalized spacial score (nSPS) is 11.9. The zero-order valence-electron chi connectivity index (χ0n) is 10.9. The molecule has 16 heavy (non-hydrogen) atoms. The van der Waals surface area contributed by atoms with Gasteiger partial charge in [-0.15, -0.1) is 0 Å². The van der Waals surface area contributed by atoms with E-state index in [1.54, 1.807) is 7.11 Å². The summed E-state index contributed by atoms with van der Waals surface area (Å²) < 4.78 is 5.31. The summed E-state index contributed by atoms with van der Waals surface area (Å²) in [6.45, 7) is 7.95. The molecule has 1 aromatic rings. The molecule has 0 spiro atoms. The maximum absolute atomic E-state index is 9.86. The van der Waals surface area contributed by atoms with Gasteiger partial charge in [0.15, 0.2) is 0 Å². The van der Waals surface area contributed by atoms with Gasteiger partial charge in [-0.2, -0.15) is 0 Å². The van der Waals surface area contributed by atoms with Crippen molar-refractivity contribution in [2.24, 2.45) is 0 Å². The van der Waals surface area contributed by atoms with Gasteiger partial charge in [-0.25, -0.2) is 0 Å². The first-order chi connectivity index (χ1) is 7.33. The third-order valence-electron chi connectivity index (χ3n) is 2.59. The SMILES string of the molecule is COc1ccc(C(C)C)cc1CC(C)(C)O. The van der Waals surface area contributed by atoms with E-state index in [2.05, 4.69) is 26.0 Å². The van der Waals surface area contributed by atoms with Gasteiger partial charge in [0.25, 0.3) is 0 Å². The van der Waals surface area contributed by atoms with E-state index in [-0.39, 0.29) is 0 Å². The Morgan fingerprint density at radius 3 is 2.38 bits per heavy atom. The maximum Gasteiger partial charge on any atom is 0.122 e. The Bertz CT molecular complexity index is 348. The first kappa shape index (κ1) is 13.0. The average Bonchev–Trinajstić information content (AvgIpc) is 2.15. The van der Waals surface area contributed by atoms with Crippen molar-refractivity contribution in [3.63, 3.8) is 0 Å². The van der Waals surface area contributed by atoms with Crippen molar-refractivity contribution in [1.82, 2.24) is 0 Å². The molecule has 1 N–H and O–H groups in total. The minimum Gasteiger partial charge on any atom is -0.496 e. The van der Waals surface area contributed by atoms with Crippen molar-refractivity contribution in [2.75, 3.05) is 7.11 Å². The van der Waals surface area contributed by atoms with Crippen LogP contribution >= 0.6 is 0 Å². The number of rotatable bonds is 4. The van der Waals surface area contributed by atoms with Crippen LogP contribution in [0.5, 0.6) is 5.75 Å². The molecule has 0 fully saturated rings. The fraction of sp³-hybridized carbons (Fsp3) is 0.571. The highest BCUT2D eigenvalue weighted by molar-refractivity contribution is 5.39. The lowest BCUT2D eigenvalue weighted by atomic mass is 9.93. The van der Waals surface area contributed by atoms with E-state index in [1.165, 1.54) is 5.56 Å². The van der Waals surface area contributed by atoms with Crippen LogP contribution in [-0.2, 0) is 6.42 Å². The lowest BCUT2D eigenvalue weighted by Gasteiger charge is -2.20. The molecule has 2 nitrogen and oxygen atoms in total. The van der Waals surface area contributed by atoms with Crippen LogP contribution in [0.4, 0.5) is 0 Å². The second-order valence-corrected chi connectivity index (χ2v) is 5.22. The standard InChI is InChI=1S/C14H22O2/c1-10(2)11-6-7-13(16-5)12(8-11)9-14(3,4)15/h6-8,10,15H,9H2,1-5H3. The third kappa shape index (κ3) is 3.53. The molecule has 0 aliphatic carbocycles. The van der Waals surface area contributed by atoms with E-state index in [9.17, 15) is 5.11 Å². The largest absolute Gasteiger partial charge is 0.496 e.